The molecule has 0 aliphatic heterocycles. The van der Waals surface area contributed by atoms with Crippen LogP contribution in [0.2, 0.25) is 0 Å². The molecule has 4 bridgehead atoms. The minimum atomic E-state index is -3.64. The van der Waals surface area contributed by atoms with Gasteiger partial charge in [0.05, 0.1) is 17.8 Å². The van der Waals surface area contributed by atoms with E-state index in [1.54, 1.807) is 0 Å². The normalized spacial score (nSPS) is 55.1. The van der Waals surface area contributed by atoms with Gasteiger partial charge in [-0.3, -0.25) is 13.8 Å². The molecule has 0 aromatic rings. The first-order chi connectivity index (χ1) is 12.3. The van der Waals surface area contributed by atoms with E-state index >= 15 is 0 Å². The molecular formula is C21H30O5S. The van der Waals surface area contributed by atoms with Crippen LogP contribution in [0.5, 0.6) is 0 Å². The highest BCUT2D eigenvalue weighted by atomic mass is 32.2. The van der Waals surface area contributed by atoms with Crippen molar-refractivity contribution in [2.24, 2.45) is 45.3 Å². The minimum absolute atomic E-state index is 0.0288. The molecule has 0 aromatic carbocycles. The van der Waals surface area contributed by atoms with Gasteiger partial charge in [-0.15, -0.1) is 0 Å². The Kier molecular flexibility index (Phi) is 3.18. The van der Waals surface area contributed by atoms with Gasteiger partial charge in [0, 0.05) is 23.2 Å². The van der Waals surface area contributed by atoms with Gasteiger partial charge in [0.1, 0.15) is 11.6 Å². The first kappa shape index (κ1) is 18.3. The van der Waals surface area contributed by atoms with Crippen LogP contribution in [0.15, 0.2) is 0 Å². The number of Topliss-reactive ketones (excluding diaryl/α,β-unsaturated/α-hetero) is 2. The van der Waals surface area contributed by atoms with Gasteiger partial charge in [0.25, 0.3) is 10.1 Å². The largest absolute Gasteiger partial charge is 0.299 e. The maximum absolute atomic E-state index is 13.6. The molecule has 150 valence electrons. The van der Waals surface area contributed by atoms with Gasteiger partial charge in [-0.05, 0) is 48.9 Å². The molecule has 0 saturated heterocycles. The van der Waals surface area contributed by atoms with Crippen molar-refractivity contribution >= 4 is 21.7 Å². The highest BCUT2D eigenvalue weighted by molar-refractivity contribution is 7.86. The highest BCUT2D eigenvalue weighted by Gasteiger charge is 2.88. The zero-order valence-corrected chi connectivity index (χ0v) is 17.7. The topological polar surface area (TPSA) is 77.5 Å². The predicted molar refractivity (Wildman–Crippen MR) is 99.2 cm³/mol. The molecule has 8 atom stereocenters. The number of fused-ring (bicyclic) bond motifs is 1. The van der Waals surface area contributed by atoms with E-state index < -0.39 is 21.6 Å². The first-order valence-electron chi connectivity index (χ1n) is 10.3. The van der Waals surface area contributed by atoms with Crippen LogP contribution >= 0.6 is 0 Å². The van der Waals surface area contributed by atoms with Crippen molar-refractivity contribution < 1.29 is 22.2 Å². The molecule has 5 nitrogen and oxygen atoms in total. The molecule has 0 N–H and O–H groups in total. The van der Waals surface area contributed by atoms with Crippen molar-refractivity contribution in [2.75, 3.05) is 6.26 Å². The molecule has 0 amide bonds. The van der Waals surface area contributed by atoms with Crippen LogP contribution in [0, 0.1) is 45.3 Å². The summed E-state index contributed by atoms with van der Waals surface area (Å²) in [5.74, 6) is 1.16. The second-order valence-electron chi connectivity index (χ2n) is 11.1. The summed E-state index contributed by atoms with van der Waals surface area (Å²) in [5, 5.41) is 0. The summed E-state index contributed by atoms with van der Waals surface area (Å²) < 4.78 is 29.9. The third-order valence-corrected chi connectivity index (χ3v) is 10.4. The van der Waals surface area contributed by atoms with E-state index in [1.165, 1.54) is 0 Å². The number of carbonyl (C=O) groups excluding carboxylic acids is 2. The number of hydrogen-bond donors (Lipinski definition) is 0. The van der Waals surface area contributed by atoms with E-state index in [9.17, 15) is 18.0 Å². The SMILES string of the molecule is CC1(C)C(=O)CC[C@]2(C)[C@H]3C[C@@H]4C5C(=O)[C@]3(CC[C@@H]12)[C@@H](OS(C)(=O)=O)[C@]54C. The molecule has 6 aliphatic rings. The average molecular weight is 395 g/mol. The third kappa shape index (κ3) is 1.83. The van der Waals surface area contributed by atoms with Crippen LogP contribution in [-0.2, 0) is 23.9 Å². The third-order valence-electron chi connectivity index (χ3n) is 9.84. The summed E-state index contributed by atoms with van der Waals surface area (Å²) in [5.41, 5.74) is -1.49. The van der Waals surface area contributed by atoms with Crippen molar-refractivity contribution in [3.05, 3.63) is 0 Å². The molecule has 6 heteroatoms. The van der Waals surface area contributed by atoms with Crippen molar-refractivity contribution in [1.29, 1.82) is 0 Å². The monoisotopic (exact) mass is 394 g/mol. The zero-order valence-electron chi connectivity index (χ0n) is 16.9. The van der Waals surface area contributed by atoms with Crippen LogP contribution in [0.1, 0.15) is 59.8 Å². The minimum Gasteiger partial charge on any atom is -0.299 e. The Balaban J connectivity index is 1.64. The summed E-state index contributed by atoms with van der Waals surface area (Å²) >= 11 is 0. The number of carbonyl (C=O) groups is 2. The Hall–Kier alpha value is -0.750. The summed E-state index contributed by atoms with van der Waals surface area (Å²) in [6.07, 6.45) is 4.38. The Labute approximate surface area is 161 Å². The molecule has 0 aromatic heterocycles. The Morgan fingerprint density at radius 3 is 2.33 bits per heavy atom. The van der Waals surface area contributed by atoms with Gasteiger partial charge in [-0.2, -0.15) is 8.42 Å². The fourth-order valence-corrected chi connectivity index (χ4v) is 9.40. The lowest BCUT2D eigenvalue weighted by atomic mass is 9.39. The van der Waals surface area contributed by atoms with Crippen molar-refractivity contribution in [3.8, 4) is 0 Å². The molecule has 0 heterocycles. The molecule has 27 heavy (non-hydrogen) atoms. The Morgan fingerprint density at radius 2 is 1.70 bits per heavy atom. The first-order valence-corrected chi connectivity index (χ1v) is 12.1. The molecule has 6 rings (SSSR count). The smallest absolute Gasteiger partial charge is 0.264 e. The summed E-state index contributed by atoms with van der Waals surface area (Å²) in [6.45, 7) is 8.45. The van der Waals surface area contributed by atoms with Crippen LogP contribution in [0.25, 0.3) is 0 Å². The zero-order chi connectivity index (χ0) is 19.8. The van der Waals surface area contributed by atoms with Crippen molar-refractivity contribution in [2.45, 2.75) is 65.9 Å². The second-order valence-corrected chi connectivity index (χ2v) is 12.7. The second kappa shape index (κ2) is 4.69. The standard InChI is InChI=1S/C21H30O5S/c1-18(2)12-6-9-21-13(19(12,3)8-7-14(18)22)10-11-15(16(21)23)20(11,4)17(21)26-27(5,24)25/h11-13,15,17H,6-10H2,1-5H3/t11-,12+,13-,15?,17+,19+,20+,21-/m1/s1. The van der Waals surface area contributed by atoms with Gasteiger partial charge in [-0.1, -0.05) is 27.7 Å². The maximum Gasteiger partial charge on any atom is 0.264 e. The average Bonchev–Trinajstić information content (AvgIpc) is 3.12. The molecule has 1 unspecified atom stereocenters. The predicted octanol–water partition coefficient (Wildman–Crippen LogP) is 2.98. The molecule has 6 fully saturated rings. The summed E-state index contributed by atoms with van der Waals surface area (Å²) in [6, 6.07) is 0. The highest BCUT2D eigenvalue weighted by Crippen LogP contribution is 2.84. The molecule has 6 aliphatic carbocycles. The molecule has 0 radical (unpaired) electrons. The van der Waals surface area contributed by atoms with E-state index in [0.29, 0.717) is 18.6 Å². The lowest BCUT2D eigenvalue weighted by Gasteiger charge is -2.65. The van der Waals surface area contributed by atoms with E-state index in [4.69, 9.17) is 4.18 Å². The van der Waals surface area contributed by atoms with Crippen LogP contribution in [0.4, 0.5) is 0 Å². The van der Waals surface area contributed by atoms with Crippen LogP contribution in [-0.4, -0.2) is 32.3 Å². The van der Waals surface area contributed by atoms with Crippen molar-refractivity contribution in [3.63, 3.8) is 0 Å². The van der Waals surface area contributed by atoms with Crippen LogP contribution < -0.4 is 0 Å². The number of ketones is 2. The fraction of sp³-hybridized carbons (Fsp3) is 0.905. The maximum atomic E-state index is 13.6. The van der Waals surface area contributed by atoms with E-state index in [0.717, 1.165) is 25.5 Å². The van der Waals surface area contributed by atoms with E-state index in [2.05, 4.69) is 27.7 Å². The lowest BCUT2D eigenvalue weighted by molar-refractivity contribution is -0.195. The van der Waals surface area contributed by atoms with Crippen LogP contribution in [0.3, 0.4) is 0 Å². The summed E-state index contributed by atoms with van der Waals surface area (Å²) in [4.78, 5) is 26.2. The molecule has 6 saturated carbocycles. The quantitative estimate of drug-likeness (QED) is 0.673. The van der Waals surface area contributed by atoms with Gasteiger partial charge in [-0.25, -0.2) is 0 Å². The van der Waals surface area contributed by atoms with Crippen molar-refractivity contribution in [1.82, 2.24) is 0 Å². The number of hydrogen-bond acceptors (Lipinski definition) is 5. The Bertz CT molecular complexity index is 875. The van der Waals surface area contributed by atoms with Gasteiger partial charge >= 0.3 is 0 Å². The number of rotatable bonds is 2. The van der Waals surface area contributed by atoms with E-state index in [1.807, 2.05) is 0 Å². The fourth-order valence-electron chi connectivity index (χ4n) is 8.67. The Morgan fingerprint density at radius 1 is 1.04 bits per heavy atom. The molecule has 1 spiro atoms. The molecular weight excluding hydrogens is 364 g/mol. The van der Waals surface area contributed by atoms with Gasteiger partial charge in [0.15, 0.2) is 0 Å². The lowest BCUT2D eigenvalue weighted by Crippen LogP contribution is -2.65. The summed E-state index contributed by atoms with van der Waals surface area (Å²) in [7, 11) is -3.64. The van der Waals surface area contributed by atoms with Gasteiger partial charge in [0.2, 0.25) is 0 Å². The van der Waals surface area contributed by atoms with Gasteiger partial charge < -0.3 is 0 Å². The van der Waals surface area contributed by atoms with E-state index in [-0.39, 0.29) is 45.7 Å².